The SMILES string of the molecule is CCOC(CC(OCC)(OCC)Oc1cc(F)ccc1C(=O)OC)OCC. The molecule has 0 amide bonds. The van der Waals surface area contributed by atoms with E-state index in [1.165, 1.54) is 13.2 Å². The zero-order valence-corrected chi connectivity index (χ0v) is 16.6. The summed E-state index contributed by atoms with van der Waals surface area (Å²) in [6, 6.07) is 3.50. The number of ether oxygens (including phenoxy) is 6. The number of hydrogen-bond donors (Lipinski definition) is 0. The number of halogens is 1. The standard InChI is InChI=1S/C19H29FO7/c1-6-23-17(24-7-2)13-19(25-8-3,26-9-4)27-16-12-14(20)10-11-15(16)18(21)22-5/h10-12,17H,6-9,13H2,1-5H3. The smallest absolute Gasteiger partial charge is 0.341 e. The third-order valence-electron chi connectivity index (χ3n) is 3.46. The summed E-state index contributed by atoms with van der Waals surface area (Å²) in [6.45, 7) is 8.50. The highest BCUT2D eigenvalue weighted by Crippen LogP contribution is 2.31. The third-order valence-corrected chi connectivity index (χ3v) is 3.46. The molecule has 0 atom stereocenters. The summed E-state index contributed by atoms with van der Waals surface area (Å²) in [7, 11) is 1.23. The zero-order chi connectivity index (χ0) is 20.3. The molecule has 0 N–H and O–H groups in total. The van der Waals surface area contributed by atoms with E-state index in [1.54, 1.807) is 13.8 Å². The molecule has 0 aliphatic rings. The Morgan fingerprint density at radius 2 is 1.63 bits per heavy atom. The van der Waals surface area contributed by atoms with E-state index in [2.05, 4.69) is 0 Å². The fourth-order valence-corrected chi connectivity index (χ4v) is 2.47. The average Bonchev–Trinajstić information content (AvgIpc) is 2.62. The third kappa shape index (κ3) is 7.06. The number of rotatable bonds is 13. The molecule has 0 fully saturated rings. The lowest BCUT2D eigenvalue weighted by molar-refractivity contribution is -0.363. The highest BCUT2D eigenvalue weighted by atomic mass is 19.1. The van der Waals surface area contributed by atoms with E-state index in [4.69, 9.17) is 28.4 Å². The average molecular weight is 388 g/mol. The van der Waals surface area contributed by atoms with Gasteiger partial charge in [0.2, 0.25) is 0 Å². The molecule has 1 rings (SSSR count). The minimum atomic E-state index is -1.63. The maximum Gasteiger partial charge on any atom is 0.341 e. The van der Waals surface area contributed by atoms with Gasteiger partial charge in [0, 0.05) is 19.3 Å². The first kappa shape index (κ1) is 23.3. The summed E-state index contributed by atoms with van der Waals surface area (Å²) in [6.07, 6.45) is -0.624. The van der Waals surface area contributed by atoms with Gasteiger partial charge in [-0.05, 0) is 39.8 Å². The van der Waals surface area contributed by atoms with Crippen molar-refractivity contribution in [1.29, 1.82) is 0 Å². The predicted molar refractivity (Wildman–Crippen MR) is 96.0 cm³/mol. The van der Waals surface area contributed by atoms with Crippen molar-refractivity contribution in [2.45, 2.75) is 46.4 Å². The Labute approximate surface area is 159 Å². The molecule has 0 radical (unpaired) electrons. The molecule has 0 saturated heterocycles. The molecule has 0 spiro atoms. The summed E-state index contributed by atoms with van der Waals surface area (Å²) in [5, 5.41) is 0. The van der Waals surface area contributed by atoms with Crippen LogP contribution in [0.1, 0.15) is 44.5 Å². The van der Waals surface area contributed by atoms with Gasteiger partial charge in [0.1, 0.15) is 17.1 Å². The summed E-state index contributed by atoms with van der Waals surface area (Å²) < 4.78 is 47.0. The topological polar surface area (TPSA) is 72.5 Å². The molecule has 0 heterocycles. The van der Waals surface area contributed by atoms with Gasteiger partial charge in [0.15, 0.2) is 6.29 Å². The Kier molecular flexibility index (Phi) is 10.2. The lowest BCUT2D eigenvalue weighted by Gasteiger charge is -2.35. The summed E-state index contributed by atoms with van der Waals surface area (Å²) >= 11 is 0. The predicted octanol–water partition coefficient (Wildman–Crippen LogP) is 3.51. The van der Waals surface area contributed by atoms with Crippen molar-refractivity contribution in [2.75, 3.05) is 33.5 Å². The van der Waals surface area contributed by atoms with Crippen LogP contribution in [0.2, 0.25) is 0 Å². The second-order valence-electron chi connectivity index (χ2n) is 5.33. The molecule has 1 aromatic rings. The van der Waals surface area contributed by atoms with Crippen molar-refractivity contribution < 1.29 is 37.6 Å². The number of hydrogen-bond acceptors (Lipinski definition) is 7. The molecule has 0 aliphatic heterocycles. The fourth-order valence-electron chi connectivity index (χ4n) is 2.47. The van der Waals surface area contributed by atoms with Crippen LogP contribution in [0.5, 0.6) is 5.75 Å². The van der Waals surface area contributed by atoms with E-state index in [0.717, 1.165) is 12.1 Å². The Bertz CT molecular complexity index is 567. The minimum absolute atomic E-state index is 0.0482. The van der Waals surface area contributed by atoms with Crippen LogP contribution in [0.3, 0.4) is 0 Å². The van der Waals surface area contributed by atoms with Crippen LogP contribution in [-0.2, 0) is 23.7 Å². The number of benzene rings is 1. The monoisotopic (exact) mass is 388 g/mol. The maximum atomic E-state index is 13.8. The van der Waals surface area contributed by atoms with Gasteiger partial charge in [-0.25, -0.2) is 9.18 Å². The Hall–Kier alpha value is -1.74. The quantitative estimate of drug-likeness (QED) is 0.378. The second kappa shape index (κ2) is 11.9. The van der Waals surface area contributed by atoms with Crippen molar-refractivity contribution in [3.05, 3.63) is 29.6 Å². The van der Waals surface area contributed by atoms with Gasteiger partial charge in [-0.1, -0.05) is 0 Å². The molecule has 0 aromatic heterocycles. The number of esters is 1. The number of carbonyl (C=O) groups excluding carboxylic acids is 1. The van der Waals surface area contributed by atoms with Gasteiger partial charge in [0.25, 0.3) is 0 Å². The molecule has 0 bridgehead atoms. The highest BCUT2D eigenvalue weighted by molar-refractivity contribution is 5.92. The highest BCUT2D eigenvalue weighted by Gasteiger charge is 2.39. The minimum Gasteiger partial charge on any atom is -0.465 e. The van der Waals surface area contributed by atoms with Gasteiger partial charge >= 0.3 is 11.9 Å². The van der Waals surface area contributed by atoms with Crippen LogP contribution in [-0.4, -0.2) is 51.8 Å². The van der Waals surface area contributed by atoms with Crippen molar-refractivity contribution in [2.24, 2.45) is 0 Å². The van der Waals surface area contributed by atoms with E-state index >= 15 is 0 Å². The van der Waals surface area contributed by atoms with E-state index in [9.17, 15) is 9.18 Å². The van der Waals surface area contributed by atoms with Gasteiger partial charge < -0.3 is 28.4 Å². The summed E-state index contributed by atoms with van der Waals surface area (Å²) in [5.74, 6) is -2.94. The van der Waals surface area contributed by atoms with Gasteiger partial charge in [-0.15, -0.1) is 0 Å². The van der Waals surface area contributed by atoms with Crippen molar-refractivity contribution in [1.82, 2.24) is 0 Å². The van der Waals surface area contributed by atoms with Crippen LogP contribution in [0, 0.1) is 5.82 Å². The Morgan fingerprint density at radius 3 is 2.11 bits per heavy atom. The first-order valence-electron chi connectivity index (χ1n) is 9.03. The molecule has 1 aromatic carbocycles. The molecular formula is C19H29FO7. The van der Waals surface area contributed by atoms with Gasteiger partial charge in [-0.2, -0.15) is 0 Å². The fraction of sp³-hybridized carbons (Fsp3) is 0.632. The molecule has 0 unspecified atom stereocenters. The normalized spacial score (nSPS) is 11.7. The van der Waals surface area contributed by atoms with Crippen molar-refractivity contribution in [3.8, 4) is 5.75 Å². The van der Waals surface area contributed by atoms with Crippen LogP contribution in [0.15, 0.2) is 18.2 Å². The van der Waals surface area contributed by atoms with Crippen LogP contribution in [0.25, 0.3) is 0 Å². The number of carbonyl (C=O) groups is 1. The maximum absolute atomic E-state index is 13.8. The largest absolute Gasteiger partial charge is 0.465 e. The molecule has 27 heavy (non-hydrogen) atoms. The Balaban J connectivity index is 3.27. The molecule has 7 nitrogen and oxygen atoms in total. The molecule has 0 saturated carbocycles. The lowest BCUT2D eigenvalue weighted by Crippen LogP contribution is -2.46. The van der Waals surface area contributed by atoms with Crippen LogP contribution in [0.4, 0.5) is 4.39 Å². The lowest BCUT2D eigenvalue weighted by atomic mass is 10.2. The van der Waals surface area contributed by atoms with Crippen LogP contribution >= 0.6 is 0 Å². The van der Waals surface area contributed by atoms with Gasteiger partial charge in [-0.3, -0.25) is 0 Å². The van der Waals surface area contributed by atoms with Crippen molar-refractivity contribution >= 4 is 5.97 Å². The van der Waals surface area contributed by atoms with E-state index in [1.807, 2.05) is 13.8 Å². The Morgan fingerprint density at radius 1 is 1.04 bits per heavy atom. The zero-order valence-electron chi connectivity index (χ0n) is 16.6. The second-order valence-corrected chi connectivity index (χ2v) is 5.33. The van der Waals surface area contributed by atoms with Crippen LogP contribution < -0.4 is 4.74 Å². The molecule has 0 aliphatic carbocycles. The van der Waals surface area contributed by atoms with E-state index < -0.39 is 24.0 Å². The van der Waals surface area contributed by atoms with E-state index in [-0.39, 0.29) is 30.9 Å². The van der Waals surface area contributed by atoms with Crippen molar-refractivity contribution in [3.63, 3.8) is 0 Å². The molecule has 154 valence electrons. The summed E-state index contributed by atoms with van der Waals surface area (Å²) in [4.78, 5) is 12.0. The van der Waals surface area contributed by atoms with Gasteiger partial charge in [0.05, 0.1) is 26.7 Å². The first-order valence-corrected chi connectivity index (χ1v) is 9.03. The number of methoxy groups -OCH3 is 1. The molecular weight excluding hydrogens is 359 g/mol. The van der Waals surface area contributed by atoms with E-state index in [0.29, 0.717) is 13.2 Å². The molecule has 8 heteroatoms. The first-order chi connectivity index (χ1) is 12.9. The summed E-state index contributed by atoms with van der Waals surface area (Å²) in [5.41, 5.74) is 0.0482.